The minimum absolute atomic E-state index is 0.0210. The van der Waals surface area contributed by atoms with Crippen LogP contribution in [0.15, 0.2) is 27.8 Å². The van der Waals surface area contributed by atoms with Crippen LogP contribution in [-0.2, 0) is 4.79 Å². The molecule has 8 heteroatoms. The maximum Gasteiger partial charge on any atom is 0.277 e. The molecule has 1 amide bonds. The number of benzene rings is 1. The first-order valence-electron chi connectivity index (χ1n) is 10.8. The molecular formula is C22H25N3O4S. The van der Waals surface area contributed by atoms with E-state index in [1.54, 1.807) is 0 Å². The number of amides is 1. The number of rotatable bonds is 5. The van der Waals surface area contributed by atoms with Crippen LogP contribution in [0.25, 0.3) is 11.5 Å². The summed E-state index contributed by atoms with van der Waals surface area (Å²) in [7, 11) is 0. The number of carbonyl (C=O) groups is 1. The summed E-state index contributed by atoms with van der Waals surface area (Å²) >= 11 is 1.31. The summed E-state index contributed by atoms with van der Waals surface area (Å²) in [5, 5.41) is 11.8. The lowest BCUT2D eigenvalue weighted by molar-refractivity contribution is -0.126. The third kappa shape index (κ3) is 3.25. The van der Waals surface area contributed by atoms with Crippen LogP contribution in [0, 0.1) is 17.8 Å². The molecule has 1 aromatic heterocycles. The molecule has 7 nitrogen and oxygen atoms in total. The summed E-state index contributed by atoms with van der Waals surface area (Å²) in [6.07, 6.45) is 7.54. The third-order valence-corrected chi connectivity index (χ3v) is 8.03. The molecule has 5 aliphatic rings. The van der Waals surface area contributed by atoms with Gasteiger partial charge in [-0.1, -0.05) is 11.8 Å². The molecule has 2 heterocycles. The minimum Gasteiger partial charge on any atom is -0.454 e. The number of ether oxygens (including phenoxy) is 2. The maximum atomic E-state index is 13.0. The van der Waals surface area contributed by atoms with Gasteiger partial charge in [-0.15, -0.1) is 10.2 Å². The van der Waals surface area contributed by atoms with Crippen molar-refractivity contribution in [2.24, 2.45) is 17.8 Å². The van der Waals surface area contributed by atoms with Crippen molar-refractivity contribution in [2.45, 2.75) is 61.5 Å². The Morgan fingerprint density at radius 3 is 2.53 bits per heavy atom. The van der Waals surface area contributed by atoms with Gasteiger partial charge in [-0.3, -0.25) is 4.79 Å². The average molecular weight is 428 g/mol. The monoisotopic (exact) mass is 427 g/mol. The molecule has 4 fully saturated rings. The second kappa shape index (κ2) is 6.90. The van der Waals surface area contributed by atoms with E-state index in [2.05, 4.69) is 15.5 Å². The van der Waals surface area contributed by atoms with Gasteiger partial charge in [0.2, 0.25) is 18.6 Å². The number of fused-ring (bicyclic) bond motifs is 1. The number of carbonyl (C=O) groups excluding carboxylic acids is 1. The largest absolute Gasteiger partial charge is 0.454 e. The highest BCUT2D eigenvalue weighted by molar-refractivity contribution is 8.00. The summed E-state index contributed by atoms with van der Waals surface area (Å²) in [6.45, 7) is 2.13. The molecule has 4 aliphatic carbocycles. The van der Waals surface area contributed by atoms with Crippen molar-refractivity contribution in [3.8, 4) is 23.0 Å². The van der Waals surface area contributed by atoms with Crippen LogP contribution in [0.2, 0.25) is 0 Å². The Hall–Kier alpha value is -2.22. The highest BCUT2D eigenvalue weighted by Crippen LogP contribution is 2.55. The second-order valence-corrected chi connectivity index (χ2v) is 10.7. The third-order valence-electron chi connectivity index (χ3n) is 7.10. The molecule has 1 aliphatic heterocycles. The number of thioether (sulfide) groups is 1. The fraction of sp³-hybridized carbons (Fsp3) is 0.591. The Balaban J connectivity index is 1.12. The molecule has 2 aromatic rings. The predicted molar refractivity (Wildman–Crippen MR) is 110 cm³/mol. The molecule has 4 bridgehead atoms. The summed E-state index contributed by atoms with van der Waals surface area (Å²) in [5.41, 5.74) is 0.789. The van der Waals surface area contributed by atoms with Crippen molar-refractivity contribution >= 4 is 17.7 Å². The Labute approximate surface area is 179 Å². The first-order valence-corrected chi connectivity index (χ1v) is 11.7. The second-order valence-electron chi connectivity index (χ2n) is 9.39. The van der Waals surface area contributed by atoms with E-state index < -0.39 is 0 Å². The zero-order valence-electron chi connectivity index (χ0n) is 16.9. The molecule has 1 N–H and O–H groups in total. The van der Waals surface area contributed by atoms with E-state index in [0.29, 0.717) is 22.6 Å². The van der Waals surface area contributed by atoms with E-state index in [4.69, 9.17) is 13.9 Å². The van der Waals surface area contributed by atoms with Gasteiger partial charge in [-0.05, 0) is 81.4 Å². The normalized spacial score (nSPS) is 31.7. The molecule has 4 saturated carbocycles. The topological polar surface area (TPSA) is 86.5 Å². The van der Waals surface area contributed by atoms with Gasteiger partial charge < -0.3 is 19.2 Å². The van der Waals surface area contributed by atoms with Crippen molar-refractivity contribution in [3.05, 3.63) is 18.2 Å². The number of hydrogen-bond donors (Lipinski definition) is 1. The summed E-state index contributed by atoms with van der Waals surface area (Å²) < 4.78 is 16.6. The zero-order chi connectivity index (χ0) is 20.3. The van der Waals surface area contributed by atoms with Crippen molar-refractivity contribution in [1.29, 1.82) is 0 Å². The first-order chi connectivity index (χ1) is 14.6. The number of nitrogens with zero attached hydrogens (tertiary/aromatic N) is 2. The van der Waals surface area contributed by atoms with Crippen LogP contribution in [0.4, 0.5) is 0 Å². The fourth-order valence-electron chi connectivity index (χ4n) is 6.24. The van der Waals surface area contributed by atoms with Crippen LogP contribution in [-0.4, -0.2) is 33.7 Å². The van der Waals surface area contributed by atoms with Gasteiger partial charge >= 0.3 is 0 Å². The van der Waals surface area contributed by atoms with Gasteiger partial charge in [-0.2, -0.15) is 0 Å². The Kier molecular flexibility index (Phi) is 4.27. The van der Waals surface area contributed by atoms with E-state index in [-0.39, 0.29) is 23.5 Å². The van der Waals surface area contributed by atoms with Crippen LogP contribution < -0.4 is 14.8 Å². The van der Waals surface area contributed by atoms with Gasteiger partial charge in [0, 0.05) is 11.1 Å². The lowest BCUT2D eigenvalue weighted by Crippen LogP contribution is -2.60. The molecular weight excluding hydrogens is 402 g/mol. The van der Waals surface area contributed by atoms with Crippen LogP contribution >= 0.6 is 11.8 Å². The van der Waals surface area contributed by atoms with E-state index >= 15 is 0 Å². The summed E-state index contributed by atoms with van der Waals surface area (Å²) in [6, 6.07) is 5.52. The van der Waals surface area contributed by atoms with E-state index in [1.165, 1.54) is 31.0 Å². The number of hydrogen-bond acceptors (Lipinski definition) is 7. The Bertz CT molecular complexity index is 955. The minimum atomic E-state index is -0.289. The SMILES string of the molecule is CC(Sc1nnc(-c2ccc3c(c2)OCO3)o1)C(=O)NC12CC3CC(CC(C3)C1)C2. The summed E-state index contributed by atoms with van der Waals surface area (Å²) in [5.74, 6) is 4.28. The van der Waals surface area contributed by atoms with Crippen LogP contribution in [0.1, 0.15) is 45.4 Å². The molecule has 158 valence electrons. The van der Waals surface area contributed by atoms with E-state index in [1.807, 2.05) is 25.1 Å². The lowest BCUT2D eigenvalue weighted by atomic mass is 9.53. The standard InChI is InChI=1S/C22H25N3O4S/c1-12(19(26)23-22-8-13-4-14(9-22)6-15(5-13)10-22)30-21-25-24-20(29-21)16-2-3-17-18(7-16)28-11-27-17/h2-3,7,12-15H,4-6,8-11H2,1H3,(H,23,26). The average Bonchev–Trinajstić information content (AvgIpc) is 3.35. The molecule has 0 radical (unpaired) electrons. The summed E-state index contributed by atoms with van der Waals surface area (Å²) in [4.78, 5) is 13.0. The predicted octanol–water partition coefficient (Wildman–Crippen LogP) is 4.03. The van der Waals surface area contributed by atoms with Crippen molar-refractivity contribution in [3.63, 3.8) is 0 Å². The number of aromatic nitrogens is 2. The highest BCUT2D eigenvalue weighted by Gasteiger charge is 2.51. The molecule has 0 spiro atoms. The number of nitrogens with one attached hydrogen (secondary N) is 1. The fourth-order valence-corrected chi connectivity index (χ4v) is 6.92. The van der Waals surface area contributed by atoms with Gasteiger partial charge in [0.05, 0.1) is 5.25 Å². The highest BCUT2D eigenvalue weighted by atomic mass is 32.2. The molecule has 1 atom stereocenters. The molecule has 1 unspecified atom stereocenters. The quantitative estimate of drug-likeness (QED) is 0.721. The van der Waals surface area contributed by atoms with E-state index in [9.17, 15) is 4.79 Å². The lowest BCUT2D eigenvalue weighted by Gasteiger charge is -2.57. The smallest absolute Gasteiger partial charge is 0.277 e. The van der Waals surface area contributed by atoms with Gasteiger partial charge in [0.15, 0.2) is 11.5 Å². The Morgan fingerprint density at radius 1 is 1.10 bits per heavy atom. The van der Waals surface area contributed by atoms with Crippen molar-refractivity contribution in [1.82, 2.24) is 15.5 Å². The van der Waals surface area contributed by atoms with Crippen LogP contribution in [0.5, 0.6) is 11.5 Å². The van der Waals surface area contributed by atoms with Gasteiger partial charge in [-0.25, -0.2) is 0 Å². The van der Waals surface area contributed by atoms with Crippen molar-refractivity contribution in [2.75, 3.05) is 6.79 Å². The Morgan fingerprint density at radius 2 is 1.80 bits per heavy atom. The van der Waals surface area contributed by atoms with Gasteiger partial charge in [0.25, 0.3) is 5.22 Å². The maximum absolute atomic E-state index is 13.0. The van der Waals surface area contributed by atoms with Crippen LogP contribution in [0.3, 0.4) is 0 Å². The van der Waals surface area contributed by atoms with Gasteiger partial charge in [0.1, 0.15) is 0 Å². The first kappa shape index (κ1) is 18.5. The molecule has 7 rings (SSSR count). The molecule has 1 aromatic carbocycles. The zero-order valence-corrected chi connectivity index (χ0v) is 17.7. The van der Waals surface area contributed by atoms with Crippen molar-refractivity contribution < 1.29 is 18.7 Å². The molecule has 30 heavy (non-hydrogen) atoms. The molecule has 0 saturated heterocycles. The van der Waals surface area contributed by atoms with E-state index in [0.717, 1.165) is 42.6 Å².